The number of esters is 1. The summed E-state index contributed by atoms with van der Waals surface area (Å²) >= 11 is 0. The molecule has 0 fully saturated rings. The number of rotatable bonds is 8. The Balaban J connectivity index is 1.78. The third-order valence-corrected chi connectivity index (χ3v) is 3.16. The number of nitrogens with zero attached hydrogens (tertiary/aromatic N) is 2. The Bertz CT molecular complexity index is 593. The molecule has 1 aromatic carbocycles. The largest absolute Gasteiger partial charge is 0.461 e. The highest BCUT2D eigenvalue weighted by atomic mass is 16.5. The molecule has 0 aliphatic rings. The van der Waals surface area contributed by atoms with Gasteiger partial charge in [0, 0.05) is 13.2 Å². The van der Waals surface area contributed by atoms with Crippen molar-refractivity contribution in [1.29, 1.82) is 0 Å². The van der Waals surface area contributed by atoms with Crippen LogP contribution in [0.4, 0.5) is 0 Å². The number of carbonyl (C=O) groups is 1. The summed E-state index contributed by atoms with van der Waals surface area (Å²) in [5.41, 5.74) is 2.47. The zero-order valence-electron chi connectivity index (χ0n) is 13.1. The minimum Gasteiger partial charge on any atom is -0.461 e. The second-order valence-electron chi connectivity index (χ2n) is 5.01. The Labute approximate surface area is 130 Å². The fraction of sp³-hybridized carbons (Fsp3) is 0.412. The van der Waals surface area contributed by atoms with Crippen LogP contribution in [0.3, 0.4) is 0 Å². The molecule has 0 N–H and O–H groups in total. The van der Waals surface area contributed by atoms with Crippen LogP contribution in [0.1, 0.15) is 35.1 Å². The van der Waals surface area contributed by atoms with Gasteiger partial charge in [-0.15, -0.1) is 0 Å². The zero-order valence-corrected chi connectivity index (χ0v) is 13.1. The summed E-state index contributed by atoms with van der Waals surface area (Å²) in [5.74, 6) is -0.326. The van der Waals surface area contributed by atoms with Crippen molar-refractivity contribution in [1.82, 2.24) is 9.78 Å². The van der Waals surface area contributed by atoms with E-state index in [1.165, 1.54) is 0 Å². The third-order valence-electron chi connectivity index (χ3n) is 3.16. The maximum absolute atomic E-state index is 11.8. The molecule has 0 spiro atoms. The van der Waals surface area contributed by atoms with Gasteiger partial charge < -0.3 is 9.47 Å². The van der Waals surface area contributed by atoms with E-state index in [2.05, 4.69) is 5.10 Å². The van der Waals surface area contributed by atoms with Gasteiger partial charge in [0.2, 0.25) is 0 Å². The lowest BCUT2D eigenvalue weighted by atomic mass is 10.2. The van der Waals surface area contributed by atoms with E-state index in [1.807, 2.05) is 37.3 Å². The fourth-order valence-electron chi connectivity index (χ4n) is 2.17. The first-order valence-electron chi connectivity index (χ1n) is 7.54. The minimum atomic E-state index is -0.326. The van der Waals surface area contributed by atoms with Gasteiger partial charge in [0.05, 0.1) is 18.9 Å². The van der Waals surface area contributed by atoms with Crippen molar-refractivity contribution in [3.05, 3.63) is 53.3 Å². The molecule has 5 heteroatoms. The third kappa shape index (κ3) is 4.70. The van der Waals surface area contributed by atoms with E-state index in [-0.39, 0.29) is 5.97 Å². The molecule has 0 amide bonds. The van der Waals surface area contributed by atoms with Gasteiger partial charge in [-0.25, -0.2) is 4.79 Å². The van der Waals surface area contributed by atoms with Crippen LogP contribution < -0.4 is 0 Å². The van der Waals surface area contributed by atoms with Crippen LogP contribution >= 0.6 is 0 Å². The molecular weight excluding hydrogens is 280 g/mol. The summed E-state index contributed by atoms with van der Waals surface area (Å²) < 4.78 is 12.4. The molecule has 0 atom stereocenters. The molecule has 0 bridgehead atoms. The molecule has 0 unspecified atom stereocenters. The molecule has 0 aliphatic carbocycles. The molecule has 0 saturated carbocycles. The van der Waals surface area contributed by atoms with Crippen molar-refractivity contribution < 1.29 is 14.3 Å². The quantitative estimate of drug-likeness (QED) is 0.555. The number of aromatic nitrogens is 2. The molecule has 0 radical (unpaired) electrons. The number of hydrogen-bond donors (Lipinski definition) is 0. The van der Waals surface area contributed by atoms with E-state index in [0.717, 1.165) is 17.7 Å². The number of benzene rings is 1. The van der Waals surface area contributed by atoms with Gasteiger partial charge in [-0.1, -0.05) is 30.3 Å². The van der Waals surface area contributed by atoms with Gasteiger partial charge in [-0.2, -0.15) is 5.10 Å². The standard InChI is InChI=1S/C17H22N2O3/c1-3-22-17(20)16-12-14(2)18-19(16)10-7-11-21-13-15-8-5-4-6-9-15/h4-6,8-9,12H,3,7,10-11,13H2,1-2H3. The average molecular weight is 302 g/mol. The monoisotopic (exact) mass is 302 g/mol. The van der Waals surface area contributed by atoms with Crippen molar-refractivity contribution in [3.63, 3.8) is 0 Å². The van der Waals surface area contributed by atoms with E-state index in [9.17, 15) is 4.79 Å². The highest BCUT2D eigenvalue weighted by Crippen LogP contribution is 2.07. The SMILES string of the molecule is CCOC(=O)c1cc(C)nn1CCCOCc1ccccc1. The van der Waals surface area contributed by atoms with Crippen LogP contribution in [-0.2, 0) is 22.6 Å². The maximum atomic E-state index is 11.8. The predicted molar refractivity (Wildman–Crippen MR) is 83.6 cm³/mol. The van der Waals surface area contributed by atoms with E-state index in [0.29, 0.717) is 32.1 Å². The van der Waals surface area contributed by atoms with E-state index in [4.69, 9.17) is 9.47 Å². The first kappa shape index (κ1) is 16.2. The molecular formula is C17H22N2O3. The van der Waals surface area contributed by atoms with Crippen molar-refractivity contribution >= 4 is 5.97 Å². The van der Waals surface area contributed by atoms with Gasteiger partial charge in [-0.3, -0.25) is 4.68 Å². The van der Waals surface area contributed by atoms with Crippen molar-refractivity contribution in [3.8, 4) is 0 Å². The van der Waals surface area contributed by atoms with E-state index in [1.54, 1.807) is 17.7 Å². The molecule has 2 aromatic rings. The van der Waals surface area contributed by atoms with Crippen LogP contribution in [0.15, 0.2) is 36.4 Å². The Morgan fingerprint density at radius 1 is 1.27 bits per heavy atom. The number of carbonyl (C=O) groups excluding carboxylic acids is 1. The van der Waals surface area contributed by atoms with E-state index >= 15 is 0 Å². The second kappa shape index (κ2) is 8.34. The first-order chi connectivity index (χ1) is 10.7. The highest BCUT2D eigenvalue weighted by Gasteiger charge is 2.14. The summed E-state index contributed by atoms with van der Waals surface area (Å²) in [7, 11) is 0. The Morgan fingerprint density at radius 3 is 2.77 bits per heavy atom. The number of ether oxygens (including phenoxy) is 2. The number of hydrogen-bond acceptors (Lipinski definition) is 4. The molecule has 2 rings (SSSR count). The summed E-state index contributed by atoms with van der Waals surface area (Å²) in [6.07, 6.45) is 0.792. The van der Waals surface area contributed by atoms with Crippen molar-refractivity contribution in [2.24, 2.45) is 0 Å². The maximum Gasteiger partial charge on any atom is 0.356 e. The Kier molecular flexibility index (Phi) is 6.15. The molecule has 22 heavy (non-hydrogen) atoms. The summed E-state index contributed by atoms with van der Waals surface area (Å²) in [6, 6.07) is 11.8. The van der Waals surface area contributed by atoms with Gasteiger partial charge >= 0.3 is 5.97 Å². The van der Waals surface area contributed by atoms with Gasteiger partial charge in [0.25, 0.3) is 0 Å². The zero-order chi connectivity index (χ0) is 15.8. The second-order valence-corrected chi connectivity index (χ2v) is 5.01. The van der Waals surface area contributed by atoms with E-state index < -0.39 is 0 Å². The van der Waals surface area contributed by atoms with Crippen LogP contribution in [0, 0.1) is 6.92 Å². The highest BCUT2D eigenvalue weighted by molar-refractivity contribution is 5.87. The smallest absolute Gasteiger partial charge is 0.356 e. The normalized spacial score (nSPS) is 10.6. The molecule has 5 nitrogen and oxygen atoms in total. The summed E-state index contributed by atoms with van der Waals surface area (Å²) in [5, 5.41) is 4.33. The number of aryl methyl sites for hydroxylation is 2. The lowest BCUT2D eigenvalue weighted by molar-refractivity contribution is 0.0509. The van der Waals surface area contributed by atoms with Crippen LogP contribution in [-0.4, -0.2) is 29.0 Å². The predicted octanol–water partition coefficient (Wildman–Crippen LogP) is 2.98. The Morgan fingerprint density at radius 2 is 2.05 bits per heavy atom. The summed E-state index contributed by atoms with van der Waals surface area (Å²) in [4.78, 5) is 11.8. The van der Waals surface area contributed by atoms with Gasteiger partial charge in [-0.05, 0) is 31.9 Å². The molecule has 118 valence electrons. The molecule has 1 aromatic heterocycles. The van der Waals surface area contributed by atoms with Crippen LogP contribution in [0.5, 0.6) is 0 Å². The fourth-order valence-corrected chi connectivity index (χ4v) is 2.17. The van der Waals surface area contributed by atoms with Crippen molar-refractivity contribution in [2.75, 3.05) is 13.2 Å². The molecule has 0 saturated heterocycles. The first-order valence-corrected chi connectivity index (χ1v) is 7.54. The van der Waals surface area contributed by atoms with Gasteiger partial charge in [0.15, 0.2) is 0 Å². The Hall–Kier alpha value is -2.14. The van der Waals surface area contributed by atoms with Gasteiger partial charge in [0.1, 0.15) is 5.69 Å². The van der Waals surface area contributed by atoms with Crippen molar-refractivity contribution in [2.45, 2.75) is 33.4 Å². The molecule has 0 aliphatic heterocycles. The lowest BCUT2D eigenvalue weighted by Crippen LogP contribution is -2.14. The summed E-state index contributed by atoms with van der Waals surface area (Å²) in [6.45, 7) is 5.88. The topological polar surface area (TPSA) is 53.3 Å². The minimum absolute atomic E-state index is 0.326. The average Bonchev–Trinajstić information content (AvgIpc) is 2.89. The molecule has 1 heterocycles. The lowest BCUT2D eigenvalue weighted by Gasteiger charge is -2.07. The van der Waals surface area contributed by atoms with Crippen LogP contribution in [0.2, 0.25) is 0 Å². The van der Waals surface area contributed by atoms with Crippen LogP contribution in [0.25, 0.3) is 0 Å².